The maximum Gasteiger partial charge on any atom is 0.293 e. The molecule has 33 heavy (non-hydrogen) atoms. The molecule has 2 heterocycles. The quantitative estimate of drug-likeness (QED) is 0.421. The van der Waals surface area contributed by atoms with E-state index in [1.807, 2.05) is 12.1 Å². The fourth-order valence-electron chi connectivity index (χ4n) is 3.36. The summed E-state index contributed by atoms with van der Waals surface area (Å²) in [5.41, 5.74) is 2.97. The van der Waals surface area contributed by atoms with Gasteiger partial charge in [-0.1, -0.05) is 23.7 Å². The summed E-state index contributed by atoms with van der Waals surface area (Å²) in [6.45, 7) is 0. The number of aromatic nitrogens is 3. The molecule has 1 saturated carbocycles. The third kappa shape index (κ3) is 4.64. The maximum atomic E-state index is 12.9. The standard InChI is InChI=1S/C23H18ClN5O3S/c24-16-4-1-14(2-5-16)19-13-25-10-9-20(19)28-23(30)22-26-12-15-3-6-17(11-21(15)27-22)29-33(31,32)18-7-8-18/h1-6,9-13,18,29H,7-8H2,(H,25,28,30). The van der Waals surface area contributed by atoms with Gasteiger partial charge >= 0.3 is 0 Å². The molecule has 0 spiro atoms. The number of amides is 1. The molecule has 1 fully saturated rings. The highest BCUT2D eigenvalue weighted by Gasteiger charge is 2.35. The number of halogens is 1. The second kappa shape index (κ2) is 8.42. The van der Waals surface area contributed by atoms with Crippen LogP contribution in [0.25, 0.3) is 22.0 Å². The number of nitrogens with one attached hydrogen (secondary N) is 2. The molecule has 0 radical (unpaired) electrons. The van der Waals surface area contributed by atoms with Crippen molar-refractivity contribution in [3.05, 3.63) is 78.0 Å². The third-order valence-electron chi connectivity index (χ3n) is 5.23. The van der Waals surface area contributed by atoms with Crippen molar-refractivity contribution in [2.45, 2.75) is 18.1 Å². The lowest BCUT2D eigenvalue weighted by Crippen LogP contribution is -2.17. The first-order valence-corrected chi connectivity index (χ1v) is 12.1. The smallest absolute Gasteiger partial charge is 0.293 e. The van der Waals surface area contributed by atoms with Gasteiger partial charge in [0.05, 0.1) is 22.1 Å². The molecule has 1 amide bonds. The number of carbonyl (C=O) groups is 1. The fraction of sp³-hybridized carbons (Fsp3) is 0.130. The number of pyridine rings is 1. The van der Waals surface area contributed by atoms with Crippen LogP contribution in [-0.4, -0.2) is 34.5 Å². The third-order valence-corrected chi connectivity index (χ3v) is 7.35. The van der Waals surface area contributed by atoms with E-state index in [9.17, 15) is 13.2 Å². The van der Waals surface area contributed by atoms with E-state index in [1.165, 1.54) is 6.20 Å². The number of carbonyl (C=O) groups excluding carboxylic acids is 1. The van der Waals surface area contributed by atoms with Crippen molar-refractivity contribution in [1.29, 1.82) is 0 Å². The Kier molecular flexibility index (Phi) is 5.43. The fourth-order valence-corrected chi connectivity index (χ4v) is 4.87. The lowest BCUT2D eigenvalue weighted by Gasteiger charge is -2.11. The summed E-state index contributed by atoms with van der Waals surface area (Å²) in [7, 11) is -3.40. The molecule has 8 nitrogen and oxygen atoms in total. The Morgan fingerprint density at radius 3 is 2.58 bits per heavy atom. The van der Waals surface area contributed by atoms with E-state index in [2.05, 4.69) is 25.0 Å². The first-order valence-electron chi connectivity index (χ1n) is 10.2. The Balaban J connectivity index is 1.41. The molecule has 0 saturated heterocycles. The number of benzene rings is 2. The predicted molar refractivity (Wildman–Crippen MR) is 128 cm³/mol. The summed E-state index contributed by atoms with van der Waals surface area (Å²) in [4.78, 5) is 25.6. The van der Waals surface area contributed by atoms with Gasteiger partial charge in [-0.3, -0.25) is 14.5 Å². The SMILES string of the molecule is O=C(Nc1ccncc1-c1ccc(Cl)cc1)c1ncc2ccc(NS(=O)(=O)C3CC3)cc2n1. The van der Waals surface area contributed by atoms with Crippen LogP contribution in [0.2, 0.25) is 5.02 Å². The van der Waals surface area contributed by atoms with Gasteiger partial charge in [0.1, 0.15) is 0 Å². The first kappa shape index (κ1) is 21.3. The van der Waals surface area contributed by atoms with Gasteiger partial charge in [0.2, 0.25) is 15.8 Å². The Morgan fingerprint density at radius 1 is 1.03 bits per heavy atom. The molecule has 5 rings (SSSR count). The second-order valence-corrected chi connectivity index (χ2v) is 10.1. The van der Waals surface area contributed by atoms with Gasteiger partial charge < -0.3 is 5.32 Å². The van der Waals surface area contributed by atoms with E-state index in [0.29, 0.717) is 40.1 Å². The maximum absolute atomic E-state index is 12.9. The number of hydrogen-bond acceptors (Lipinski definition) is 6. The Hall–Kier alpha value is -3.56. The van der Waals surface area contributed by atoms with Gasteiger partial charge in [-0.25, -0.2) is 18.4 Å². The monoisotopic (exact) mass is 479 g/mol. The number of anilines is 2. The summed E-state index contributed by atoms with van der Waals surface area (Å²) < 4.78 is 27.0. The average molecular weight is 480 g/mol. The largest absolute Gasteiger partial charge is 0.319 e. The first-order chi connectivity index (χ1) is 15.9. The van der Waals surface area contributed by atoms with Crippen LogP contribution >= 0.6 is 11.6 Å². The zero-order valence-electron chi connectivity index (χ0n) is 17.2. The van der Waals surface area contributed by atoms with Crippen LogP contribution in [0.15, 0.2) is 67.1 Å². The molecular formula is C23H18ClN5O3S. The highest BCUT2D eigenvalue weighted by Crippen LogP contribution is 2.31. The van der Waals surface area contributed by atoms with E-state index in [1.54, 1.807) is 48.8 Å². The van der Waals surface area contributed by atoms with Crippen molar-refractivity contribution in [2.24, 2.45) is 0 Å². The Morgan fingerprint density at radius 2 is 1.82 bits per heavy atom. The number of fused-ring (bicyclic) bond motifs is 1. The number of sulfonamides is 1. The topological polar surface area (TPSA) is 114 Å². The van der Waals surface area contributed by atoms with E-state index in [-0.39, 0.29) is 11.1 Å². The summed E-state index contributed by atoms with van der Waals surface area (Å²) in [5, 5.41) is 3.79. The van der Waals surface area contributed by atoms with Gasteiger partial charge in [0, 0.05) is 34.6 Å². The van der Waals surface area contributed by atoms with E-state index >= 15 is 0 Å². The molecule has 10 heteroatoms. The minimum atomic E-state index is -3.40. The van der Waals surface area contributed by atoms with Crippen molar-refractivity contribution in [3.63, 3.8) is 0 Å². The van der Waals surface area contributed by atoms with E-state index in [0.717, 1.165) is 11.1 Å². The van der Waals surface area contributed by atoms with Crippen LogP contribution in [0.3, 0.4) is 0 Å². The molecule has 2 N–H and O–H groups in total. The summed E-state index contributed by atoms with van der Waals surface area (Å²) >= 11 is 5.98. The highest BCUT2D eigenvalue weighted by molar-refractivity contribution is 7.93. The molecule has 4 aromatic rings. The number of hydrogen-bond donors (Lipinski definition) is 2. The van der Waals surface area contributed by atoms with Gasteiger partial charge in [0.15, 0.2) is 0 Å². The van der Waals surface area contributed by atoms with Crippen molar-refractivity contribution in [3.8, 4) is 11.1 Å². The molecule has 0 unspecified atom stereocenters. The van der Waals surface area contributed by atoms with Gasteiger partial charge in [-0.15, -0.1) is 0 Å². The molecular weight excluding hydrogens is 462 g/mol. The zero-order chi connectivity index (χ0) is 23.0. The van der Waals surface area contributed by atoms with E-state index in [4.69, 9.17) is 11.6 Å². The number of nitrogens with zero attached hydrogens (tertiary/aromatic N) is 3. The minimum absolute atomic E-state index is 0.0384. The summed E-state index contributed by atoms with van der Waals surface area (Å²) in [5.74, 6) is -0.536. The average Bonchev–Trinajstić information content (AvgIpc) is 3.66. The van der Waals surface area contributed by atoms with Gasteiger partial charge in [0.25, 0.3) is 5.91 Å². The summed E-state index contributed by atoms with van der Waals surface area (Å²) in [6.07, 6.45) is 6.10. The van der Waals surface area contributed by atoms with Crippen LogP contribution in [0, 0.1) is 0 Å². The van der Waals surface area contributed by atoms with Crippen LogP contribution in [0.1, 0.15) is 23.5 Å². The Bertz CT molecular complexity index is 1470. The lowest BCUT2D eigenvalue weighted by atomic mass is 10.1. The molecule has 0 aliphatic heterocycles. The van der Waals surface area contributed by atoms with Crippen molar-refractivity contribution < 1.29 is 13.2 Å². The van der Waals surface area contributed by atoms with Crippen LogP contribution in [-0.2, 0) is 10.0 Å². The predicted octanol–water partition coefficient (Wildman–Crippen LogP) is 4.50. The normalized spacial score (nSPS) is 13.6. The van der Waals surface area contributed by atoms with Crippen LogP contribution in [0.5, 0.6) is 0 Å². The molecule has 1 aliphatic carbocycles. The zero-order valence-corrected chi connectivity index (χ0v) is 18.8. The highest BCUT2D eigenvalue weighted by atomic mass is 35.5. The molecule has 166 valence electrons. The minimum Gasteiger partial charge on any atom is -0.319 e. The van der Waals surface area contributed by atoms with Crippen molar-refractivity contribution in [2.75, 3.05) is 10.0 Å². The lowest BCUT2D eigenvalue weighted by molar-refractivity contribution is 0.101. The van der Waals surface area contributed by atoms with Crippen molar-refractivity contribution >= 4 is 49.8 Å². The van der Waals surface area contributed by atoms with E-state index < -0.39 is 15.9 Å². The number of rotatable bonds is 6. The molecule has 0 bridgehead atoms. The summed E-state index contributed by atoms with van der Waals surface area (Å²) in [6, 6.07) is 13.8. The van der Waals surface area contributed by atoms with Crippen molar-refractivity contribution in [1.82, 2.24) is 15.0 Å². The van der Waals surface area contributed by atoms with Crippen LogP contribution in [0.4, 0.5) is 11.4 Å². The molecule has 2 aromatic heterocycles. The molecule has 2 aromatic carbocycles. The molecule has 0 atom stereocenters. The van der Waals surface area contributed by atoms with Crippen LogP contribution < -0.4 is 10.0 Å². The Labute approximate surface area is 195 Å². The molecule has 1 aliphatic rings. The second-order valence-electron chi connectivity index (χ2n) is 7.70. The van der Waals surface area contributed by atoms with Gasteiger partial charge in [-0.05, 0) is 54.8 Å². The van der Waals surface area contributed by atoms with Gasteiger partial charge in [-0.2, -0.15) is 0 Å².